The number of primary amides is 1. The molecule has 0 saturated carbocycles. The fourth-order valence-corrected chi connectivity index (χ4v) is 2.73. The van der Waals surface area contributed by atoms with Gasteiger partial charge in [-0.05, 0) is 26.8 Å². The van der Waals surface area contributed by atoms with Gasteiger partial charge in [0.05, 0.1) is 0 Å². The van der Waals surface area contributed by atoms with Gasteiger partial charge in [-0.2, -0.15) is 0 Å². The van der Waals surface area contributed by atoms with Gasteiger partial charge in [0, 0.05) is 37.8 Å². The first-order chi connectivity index (χ1) is 12.0. The third-order valence-electron chi connectivity index (χ3n) is 3.88. The van der Waals surface area contributed by atoms with E-state index in [0.29, 0.717) is 6.07 Å². The van der Waals surface area contributed by atoms with Crippen LogP contribution in [0.3, 0.4) is 0 Å². The molecule has 9 heteroatoms. The number of piperazine rings is 1. The number of hydrogen-bond acceptors (Lipinski definition) is 4. The van der Waals surface area contributed by atoms with Crippen molar-refractivity contribution < 1.29 is 27.5 Å². The summed E-state index contributed by atoms with van der Waals surface area (Å²) in [5.41, 5.74) is 4.48. The van der Waals surface area contributed by atoms with Crippen molar-refractivity contribution in [1.82, 2.24) is 9.80 Å². The SMILES string of the molecule is CC(C)(C)OC(=O)N1CCN(Cc2cc(F)cc(F)c2F)CC1C(N)=O. The van der Waals surface area contributed by atoms with Crippen LogP contribution < -0.4 is 5.73 Å². The maximum absolute atomic E-state index is 13.8. The second kappa shape index (κ2) is 7.53. The van der Waals surface area contributed by atoms with E-state index in [9.17, 15) is 22.8 Å². The molecule has 26 heavy (non-hydrogen) atoms. The van der Waals surface area contributed by atoms with Gasteiger partial charge < -0.3 is 10.5 Å². The monoisotopic (exact) mass is 373 g/mol. The van der Waals surface area contributed by atoms with E-state index >= 15 is 0 Å². The Morgan fingerprint density at radius 2 is 1.88 bits per heavy atom. The molecule has 1 saturated heterocycles. The Morgan fingerprint density at radius 3 is 2.46 bits per heavy atom. The van der Waals surface area contributed by atoms with E-state index in [4.69, 9.17) is 10.5 Å². The third-order valence-corrected chi connectivity index (χ3v) is 3.88. The molecule has 0 aliphatic carbocycles. The summed E-state index contributed by atoms with van der Waals surface area (Å²) in [4.78, 5) is 26.8. The number of ether oxygens (including phenoxy) is 1. The molecule has 2 N–H and O–H groups in total. The van der Waals surface area contributed by atoms with Gasteiger partial charge in [-0.1, -0.05) is 0 Å². The van der Waals surface area contributed by atoms with E-state index in [1.54, 1.807) is 25.7 Å². The van der Waals surface area contributed by atoms with Crippen molar-refractivity contribution in [2.45, 2.75) is 39.0 Å². The number of rotatable bonds is 3. The van der Waals surface area contributed by atoms with Gasteiger partial charge in [0.15, 0.2) is 11.6 Å². The number of amides is 2. The molecule has 1 aliphatic heterocycles. The Kier molecular flexibility index (Phi) is 5.80. The summed E-state index contributed by atoms with van der Waals surface area (Å²) >= 11 is 0. The van der Waals surface area contributed by atoms with E-state index in [2.05, 4.69) is 0 Å². The van der Waals surface area contributed by atoms with Crippen LogP contribution >= 0.6 is 0 Å². The van der Waals surface area contributed by atoms with Gasteiger partial charge >= 0.3 is 6.09 Å². The highest BCUT2D eigenvalue weighted by molar-refractivity contribution is 5.84. The molecular formula is C17H22F3N3O3. The number of carbonyl (C=O) groups is 2. The van der Waals surface area contributed by atoms with Crippen LogP contribution in [0.15, 0.2) is 12.1 Å². The van der Waals surface area contributed by atoms with Gasteiger partial charge in [-0.25, -0.2) is 18.0 Å². The Labute approximate surface area is 149 Å². The first-order valence-corrected chi connectivity index (χ1v) is 8.12. The van der Waals surface area contributed by atoms with Crippen molar-refractivity contribution in [3.8, 4) is 0 Å². The summed E-state index contributed by atoms with van der Waals surface area (Å²) in [5, 5.41) is 0. The van der Waals surface area contributed by atoms with Gasteiger partial charge in [0.2, 0.25) is 5.91 Å². The predicted molar refractivity (Wildman–Crippen MR) is 87.5 cm³/mol. The summed E-state index contributed by atoms with van der Waals surface area (Å²) in [6, 6.07) is 0.378. The highest BCUT2D eigenvalue weighted by atomic mass is 19.2. The fraction of sp³-hybridized carbons (Fsp3) is 0.529. The van der Waals surface area contributed by atoms with Crippen LogP contribution in [0.25, 0.3) is 0 Å². The van der Waals surface area contributed by atoms with Crippen LogP contribution in [0.5, 0.6) is 0 Å². The van der Waals surface area contributed by atoms with Crippen LogP contribution in [0, 0.1) is 17.5 Å². The van der Waals surface area contributed by atoms with E-state index in [1.165, 1.54) is 4.90 Å². The van der Waals surface area contributed by atoms with Crippen LogP contribution in [0.1, 0.15) is 26.3 Å². The standard InChI is InChI=1S/C17H22F3N3O3/c1-17(2,3)26-16(25)23-5-4-22(9-13(23)15(21)24)8-10-6-11(18)7-12(19)14(10)20/h6-7,13H,4-5,8-9H2,1-3H3,(H2,21,24). The largest absolute Gasteiger partial charge is 0.444 e. The average molecular weight is 373 g/mol. The van der Waals surface area contributed by atoms with Gasteiger partial charge in [-0.15, -0.1) is 0 Å². The molecule has 1 unspecified atom stereocenters. The molecule has 1 aromatic rings. The lowest BCUT2D eigenvalue weighted by atomic mass is 10.1. The normalized spacial score (nSPS) is 18.7. The van der Waals surface area contributed by atoms with Crippen molar-refractivity contribution in [3.63, 3.8) is 0 Å². The van der Waals surface area contributed by atoms with Crippen LogP contribution in [0.2, 0.25) is 0 Å². The molecule has 6 nitrogen and oxygen atoms in total. The second-order valence-electron chi connectivity index (χ2n) is 7.19. The van der Waals surface area contributed by atoms with Gasteiger partial charge in [0.25, 0.3) is 0 Å². The van der Waals surface area contributed by atoms with E-state index < -0.39 is 41.1 Å². The van der Waals surface area contributed by atoms with Crippen molar-refractivity contribution in [1.29, 1.82) is 0 Å². The van der Waals surface area contributed by atoms with Crippen LogP contribution in [0.4, 0.5) is 18.0 Å². The second-order valence-corrected chi connectivity index (χ2v) is 7.19. The summed E-state index contributed by atoms with van der Waals surface area (Å²) in [5.74, 6) is -4.06. The molecule has 1 aromatic carbocycles. The first-order valence-electron chi connectivity index (χ1n) is 8.12. The molecule has 1 atom stereocenters. The number of carbonyl (C=O) groups excluding carboxylic acids is 2. The summed E-state index contributed by atoms with van der Waals surface area (Å²) < 4.78 is 45.8. The molecule has 0 spiro atoms. The van der Waals surface area contributed by atoms with Crippen molar-refractivity contribution in [3.05, 3.63) is 35.1 Å². The van der Waals surface area contributed by atoms with Crippen molar-refractivity contribution in [2.75, 3.05) is 19.6 Å². The molecule has 1 fully saturated rings. The Bertz CT molecular complexity index is 706. The Morgan fingerprint density at radius 1 is 1.23 bits per heavy atom. The highest BCUT2D eigenvalue weighted by Gasteiger charge is 2.36. The quantitative estimate of drug-likeness (QED) is 0.823. The minimum Gasteiger partial charge on any atom is -0.444 e. The molecule has 0 aromatic heterocycles. The number of benzene rings is 1. The van der Waals surface area contributed by atoms with Crippen LogP contribution in [-0.4, -0.2) is 53.1 Å². The topological polar surface area (TPSA) is 75.9 Å². The van der Waals surface area contributed by atoms with E-state index in [1.807, 2.05) is 0 Å². The van der Waals surface area contributed by atoms with Gasteiger partial charge in [0.1, 0.15) is 17.5 Å². The lowest BCUT2D eigenvalue weighted by Gasteiger charge is -2.40. The van der Waals surface area contributed by atoms with E-state index in [0.717, 1.165) is 6.07 Å². The minimum atomic E-state index is -1.28. The van der Waals surface area contributed by atoms with E-state index in [-0.39, 0.29) is 31.7 Å². The lowest BCUT2D eigenvalue weighted by Crippen LogP contribution is -2.60. The Hall–Kier alpha value is -2.29. The predicted octanol–water partition coefficient (Wildman–Crippen LogP) is 2.01. The zero-order valence-corrected chi connectivity index (χ0v) is 14.9. The smallest absolute Gasteiger partial charge is 0.411 e. The molecule has 0 bridgehead atoms. The molecule has 2 amide bonds. The van der Waals surface area contributed by atoms with Gasteiger partial charge in [-0.3, -0.25) is 14.6 Å². The molecular weight excluding hydrogens is 351 g/mol. The molecule has 0 radical (unpaired) electrons. The molecule has 2 rings (SSSR count). The zero-order chi connectivity index (χ0) is 19.6. The first kappa shape index (κ1) is 20.0. The maximum Gasteiger partial charge on any atom is 0.411 e. The number of nitrogens with zero attached hydrogens (tertiary/aromatic N) is 2. The highest BCUT2D eigenvalue weighted by Crippen LogP contribution is 2.20. The molecule has 1 heterocycles. The number of hydrogen-bond donors (Lipinski definition) is 1. The maximum atomic E-state index is 13.8. The van der Waals surface area contributed by atoms with Crippen LogP contribution in [-0.2, 0) is 16.1 Å². The molecule has 144 valence electrons. The third kappa shape index (κ3) is 4.87. The zero-order valence-electron chi connectivity index (χ0n) is 14.9. The summed E-state index contributed by atoms with van der Waals surface area (Å²) in [6.45, 7) is 5.35. The number of nitrogens with two attached hydrogens (primary N) is 1. The van der Waals surface area contributed by atoms with Crippen molar-refractivity contribution in [2.24, 2.45) is 5.73 Å². The Balaban J connectivity index is 2.13. The fourth-order valence-electron chi connectivity index (χ4n) is 2.73. The molecule has 1 aliphatic rings. The number of halogens is 3. The van der Waals surface area contributed by atoms with Crippen molar-refractivity contribution >= 4 is 12.0 Å². The minimum absolute atomic E-state index is 0.00610. The summed E-state index contributed by atoms with van der Waals surface area (Å²) in [6.07, 6.45) is -0.677. The lowest BCUT2D eigenvalue weighted by molar-refractivity contribution is -0.125. The average Bonchev–Trinajstić information content (AvgIpc) is 2.50. The summed E-state index contributed by atoms with van der Waals surface area (Å²) in [7, 11) is 0.